The van der Waals surface area contributed by atoms with Crippen LogP contribution in [0.4, 0.5) is 11.4 Å². The molecular formula is C53H67N6O5S+. The molecule has 3 aromatic carbocycles. The maximum Gasteiger partial charge on any atom is 0.265 e. The van der Waals surface area contributed by atoms with Crippen molar-refractivity contribution in [3.63, 3.8) is 0 Å². The van der Waals surface area contributed by atoms with Gasteiger partial charge in [-0.2, -0.15) is 13.0 Å². The van der Waals surface area contributed by atoms with Crippen LogP contribution in [0, 0.1) is 12.3 Å². The van der Waals surface area contributed by atoms with Gasteiger partial charge in [-0.15, -0.1) is 6.42 Å². The van der Waals surface area contributed by atoms with Crippen LogP contribution >= 0.6 is 0 Å². The maximum atomic E-state index is 12.8. The molecule has 4 aromatic rings. The number of aryl methyl sites for hydroxylation is 1. The van der Waals surface area contributed by atoms with Gasteiger partial charge in [0.05, 0.1) is 35.3 Å². The normalized spacial score (nSPS) is 15.9. The lowest BCUT2D eigenvalue weighted by Gasteiger charge is -2.27. The molecule has 0 aliphatic carbocycles. The van der Waals surface area contributed by atoms with Gasteiger partial charge >= 0.3 is 0 Å². The standard InChI is InChI=1S/C53H66N6O5S/c1-7-35-56(41(2)60)40-50-55-44-27-17-20-30-47(44)59(50)37-22-9-8-21-34-54-51(61)33-14-11-23-36-57-45-28-18-15-25-42(45)52(3,4)48(57)31-12-10-13-32-49-53(5,6)43-26-16-19-29-46(43)58(49)38-24-39-65(62,63)64/h1,10,12-13,15-20,25-32H,8-9,11,14,21-24,33-40H2,2-6H3,(H-,54,61,62,63,64)/p+1. The molecule has 2 amide bonds. The SMILES string of the molecule is C#CCN(Cc1nc2ccccc2n1CCCCCCNC(=O)CCCCCN1/C(=C/C=C/C=C/C2=[N+](CCCS(=O)(=O)O)c3ccccc3C2(C)C)C(C)(C)c2ccccc21)C(C)=O. The van der Waals surface area contributed by atoms with E-state index in [0.717, 1.165) is 86.3 Å². The number of aromatic nitrogens is 2. The summed E-state index contributed by atoms with van der Waals surface area (Å²) >= 11 is 0. The number of rotatable bonds is 23. The van der Waals surface area contributed by atoms with Gasteiger partial charge in [0, 0.05) is 73.9 Å². The van der Waals surface area contributed by atoms with Gasteiger partial charge in [-0.05, 0) is 69.4 Å². The summed E-state index contributed by atoms with van der Waals surface area (Å²) in [6.45, 7) is 13.9. The molecule has 2 N–H and O–H groups in total. The fourth-order valence-electron chi connectivity index (χ4n) is 9.38. The zero-order valence-electron chi connectivity index (χ0n) is 38.9. The van der Waals surface area contributed by atoms with Crippen molar-refractivity contribution in [2.45, 2.75) is 116 Å². The summed E-state index contributed by atoms with van der Waals surface area (Å²) in [5.41, 5.74) is 8.59. The molecule has 12 heteroatoms. The van der Waals surface area contributed by atoms with E-state index in [1.54, 1.807) is 4.90 Å². The first-order valence-electron chi connectivity index (χ1n) is 23.2. The highest BCUT2D eigenvalue weighted by Gasteiger charge is 2.44. The molecule has 65 heavy (non-hydrogen) atoms. The summed E-state index contributed by atoms with van der Waals surface area (Å²) in [6.07, 6.45) is 23.6. The smallest absolute Gasteiger partial charge is 0.265 e. The number of allylic oxidation sites excluding steroid dienone is 6. The third kappa shape index (κ3) is 12.1. The molecule has 2 aliphatic heterocycles. The molecule has 0 radical (unpaired) electrons. The number of hydrogen-bond donors (Lipinski definition) is 2. The Kier molecular flexibility index (Phi) is 16.4. The first-order valence-corrected chi connectivity index (χ1v) is 24.8. The van der Waals surface area contributed by atoms with Crippen molar-refractivity contribution < 1.29 is 27.1 Å². The van der Waals surface area contributed by atoms with Crippen LogP contribution in [0.3, 0.4) is 0 Å². The predicted molar refractivity (Wildman–Crippen MR) is 263 cm³/mol. The lowest BCUT2D eigenvalue weighted by molar-refractivity contribution is -0.437. The van der Waals surface area contributed by atoms with Crippen LogP contribution in [0.15, 0.2) is 109 Å². The van der Waals surface area contributed by atoms with E-state index in [1.165, 1.54) is 29.4 Å². The Labute approximate surface area is 386 Å². The largest absolute Gasteiger partial charge is 0.356 e. The van der Waals surface area contributed by atoms with Crippen molar-refractivity contribution in [2.24, 2.45) is 0 Å². The van der Waals surface area contributed by atoms with Crippen molar-refractivity contribution in [1.82, 2.24) is 19.8 Å². The first kappa shape index (κ1) is 48.7. The zero-order valence-corrected chi connectivity index (χ0v) is 39.7. The average molecular weight is 900 g/mol. The molecule has 3 heterocycles. The number of nitrogens with zero attached hydrogens (tertiary/aromatic N) is 5. The number of fused-ring (bicyclic) bond motifs is 3. The molecule has 0 unspecified atom stereocenters. The highest BCUT2D eigenvalue weighted by atomic mass is 32.2. The summed E-state index contributed by atoms with van der Waals surface area (Å²) in [4.78, 5) is 33.8. The Balaban J connectivity index is 0.960. The minimum Gasteiger partial charge on any atom is -0.356 e. The highest BCUT2D eigenvalue weighted by molar-refractivity contribution is 7.85. The maximum absolute atomic E-state index is 12.8. The van der Waals surface area contributed by atoms with Gasteiger partial charge in [0.25, 0.3) is 10.1 Å². The quantitative estimate of drug-likeness (QED) is 0.0250. The number of benzene rings is 3. The van der Waals surface area contributed by atoms with E-state index in [0.29, 0.717) is 32.5 Å². The predicted octanol–water partition coefficient (Wildman–Crippen LogP) is 9.40. The zero-order chi connectivity index (χ0) is 46.6. The van der Waals surface area contributed by atoms with Crippen molar-refractivity contribution in [1.29, 1.82) is 0 Å². The second kappa shape index (κ2) is 21.9. The molecule has 0 spiro atoms. The van der Waals surface area contributed by atoms with E-state index in [4.69, 9.17) is 11.4 Å². The fourth-order valence-corrected chi connectivity index (χ4v) is 9.87. The van der Waals surface area contributed by atoms with Gasteiger partial charge in [-0.1, -0.05) is 106 Å². The number of nitrogens with one attached hydrogen (secondary N) is 1. The van der Waals surface area contributed by atoms with Crippen LogP contribution in [-0.2, 0) is 43.6 Å². The van der Waals surface area contributed by atoms with Gasteiger partial charge in [0.15, 0.2) is 5.71 Å². The fraction of sp³-hybridized carbons (Fsp3) is 0.434. The van der Waals surface area contributed by atoms with Gasteiger partial charge in [0.2, 0.25) is 17.5 Å². The number of anilines is 1. The van der Waals surface area contributed by atoms with E-state index in [1.807, 2.05) is 30.3 Å². The Hall–Kier alpha value is -5.77. The van der Waals surface area contributed by atoms with Crippen LogP contribution in [-0.4, -0.2) is 81.5 Å². The Morgan fingerprint density at radius 2 is 1.54 bits per heavy atom. The molecule has 0 bridgehead atoms. The van der Waals surface area contributed by atoms with Crippen molar-refractivity contribution in [2.75, 3.05) is 36.8 Å². The monoisotopic (exact) mass is 899 g/mol. The van der Waals surface area contributed by atoms with Gasteiger partial charge in [0.1, 0.15) is 12.4 Å². The van der Waals surface area contributed by atoms with E-state index >= 15 is 0 Å². The minimum atomic E-state index is -4.04. The second-order valence-electron chi connectivity index (χ2n) is 18.2. The van der Waals surface area contributed by atoms with Gasteiger partial charge < -0.3 is 19.7 Å². The summed E-state index contributed by atoms with van der Waals surface area (Å²) < 4.78 is 36.7. The van der Waals surface area contributed by atoms with Crippen molar-refractivity contribution in [3.8, 4) is 12.3 Å². The highest BCUT2D eigenvalue weighted by Crippen LogP contribution is 2.47. The molecular weight excluding hydrogens is 833 g/mol. The molecule has 0 saturated carbocycles. The van der Waals surface area contributed by atoms with Gasteiger partial charge in [-0.3, -0.25) is 14.1 Å². The third-order valence-corrected chi connectivity index (χ3v) is 13.6. The first-order chi connectivity index (χ1) is 31.1. The van der Waals surface area contributed by atoms with E-state index in [9.17, 15) is 22.6 Å². The summed E-state index contributed by atoms with van der Waals surface area (Å²) in [5, 5.41) is 3.13. The van der Waals surface area contributed by atoms with Crippen LogP contribution in [0.2, 0.25) is 0 Å². The van der Waals surface area contributed by atoms with Crippen LogP contribution < -0.4 is 10.2 Å². The molecule has 6 rings (SSSR count). The van der Waals surface area contributed by atoms with E-state index in [-0.39, 0.29) is 34.9 Å². The number of hydrogen-bond acceptors (Lipinski definition) is 6. The van der Waals surface area contributed by atoms with E-state index < -0.39 is 10.1 Å². The molecule has 0 atom stereocenters. The number of unbranched alkanes of at least 4 members (excludes halogenated alkanes) is 5. The van der Waals surface area contributed by atoms with Crippen molar-refractivity contribution >= 4 is 50.1 Å². The molecule has 11 nitrogen and oxygen atoms in total. The summed E-state index contributed by atoms with van der Waals surface area (Å²) in [5.74, 6) is 3.18. The van der Waals surface area contributed by atoms with Gasteiger partial charge in [-0.25, -0.2) is 4.98 Å². The third-order valence-electron chi connectivity index (χ3n) is 12.8. The van der Waals surface area contributed by atoms with Crippen LogP contribution in [0.1, 0.15) is 109 Å². The number of terminal acetylenes is 1. The average Bonchev–Trinajstić information content (AvgIpc) is 3.80. The van der Waals surface area contributed by atoms with Crippen LogP contribution in [0.25, 0.3) is 11.0 Å². The summed E-state index contributed by atoms with van der Waals surface area (Å²) in [7, 11) is -4.04. The molecule has 1 aromatic heterocycles. The topological polar surface area (TPSA) is 128 Å². The van der Waals surface area contributed by atoms with Crippen molar-refractivity contribution in [3.05, 3.63) is 126 Å². The molecule has 0 saturated heterocycles. The Morgan fingerprint density at radius 3 is 2.31 bits per heavy atom. The second-order valence-corrected chi connectivity index (χ2v) is 19.8. The molecule has 344 valence electrons. The lowest BCUT2D eigenvalue weighted by atomic mass is 9.81. The molecule has 2 aliphatic rings. The summed E-state index contributed by atoms with van der Waals surface area (Å²) in [6, 6.07) is 24.9. The van der Waals surface area contributed by atoms with Crippen LogP contribution in [0.5, 0.6) is 0 Å². The number of carbonyl (C=O) groups excluding carboxylic acids is 2. The minimum absolute atomic E-state index is 0.0692. The number of carbonyl (C=O) groups is 2. The Bertz CT molecular complexity index is 2610. The number of amides is 2. The Morgan fingerprint density at radius 1 is 0.846 bits per heavy atom. The lowest BCUT2D eigenvalue weighted by Crippen LogP contribution is -2.30. The molecule has 0 fully saturated rings. The van der Waals surface area contributed by atoms with E-state index in [2.05, 4.69) is 126 Å². The number of para-hydroxylation sites is 4. The number of imidazole rings is 1.